The zero-order valence-electron chi connectivity index (χ0n) is 14.5. The molecule has 2 aliphatic carbocycles. The van der Waals surface area contributed by atoms with Gasteiger partial charge >= 0.3 is 5.97 Å². The quantitative estimate of drug-likeness (QED) is 0.641. The van der Waals surface area contributed by atoms with Crippen LogP contribution in [0.5, 0.6) is 0 Å². The van der Waals surface area contributed by atoms with E-state index in [4.69, 9.17) is 4.42 Å². The molecule has 1 heterocycles. The zero-order valence-corrected chi connectivity index (χ0v) is 14.5. The predicted octanol–water partition coefficient (Wildman–Crippen LogP) is 4.72. The average Bonchev–Trinajstić information content (AvgIpc) is 3.05. The van der Waals surface area contributed by atoms with E-state index in [1.807, 2.05) is 6.92 Å². The van der Waals surface area contributed by atoms with Crippen molar-refractivity contribution in [3.63, 3.8) is 0 Å². The molecule has 3 rings (SSSR count). The summed E-state index contributed by atoms with van der Waals surface area (Å²) in [5.74, 6) is -0.522. The van der Waals surface area contributed by atoms with Crippen molar-refractivity contribution in [3.05, 3.63) is 36.3 Å². The Morgan fingerprint density at radius 3 is 2.75 bits per heavy atom. The minimum Gasteiger partial charge on any atom is -0.481 e. The van der Waals surface area contributed by atoms with Crippen molar-refractivity contribution in [1.82, 2.24) is 0 Å². The Balaban J connectivity index is 1.92. The molecule has 2 aliphatic rings. The molecule has 0 spiro atoms. The predicted molar refractivity (Wildman–Crippen MR) is 90.7 cm³/mol. The van der Waals surface area contributed by atoms with Crippen LogP contribution in [0.25, 0.3) is 0 Å². The van der Waals surface area contributed by atoms with Crippen LogP contribution in [-0.4, -0.2) is 16.9 Å². The maximum absolute atomic E-state index is 12.6. The summed E-state index contributed by atoms with van der Waals surface area (Å²) in [4.78, 5) is 24.6. The molecule has 4 heteroatoms. The number of hydrogen-bond acceptors (Lipinski definition) is 3. The highest BCUT2D eigenvalue weighted by Crippen LogP contribution is 2.61. The fourth-order valence-corrected chi connectivity index (χ4v) is 5.31. The monoisotopic (exact) mass is 330 g/mol. The first-order chi connectivity index (χ1) is 11.3. The number of rotatable bonds is 4. The Labute approximate surface area is 142 Å². The van der Waals surface area contributed by atoms with Crippen LogP contribution in [-0.2, 0) is 4.79 Å². The van der Waals surface area contributed by atoms with E-state index in [-0.39, 0.29) is 23.0 Å². The molecule has 4 nitrogen and oxygen atoms in total. The molecule has 1 N–H and O–H groups in total. The second kappa shape index (κ2) is 5.91. The van der Waals surface area contributed by atoms with E-state index in [0.29, 0.717) is 12.0 Å². The molecule has 1 aromatic heterocycles. The van der Waals surface area contributed by atoms with Gasteiger partial charge in [-0.2, -0.15) is 0 Å². The summed E-state index contributed by atoms with van der Waals surface area (Å²) in [7, 11) is 0. The van der Waals surface area contributed by atoms with Crippen LogP contribution in [0.1, 0.15) is 62.7 Å². The second-order valence-corrected chi connectivity index (χ2v) is 8.02. The first-order valence-electron chi connectivity index (χ1n) is 8.75. The Morgan fingerprint density at radius 1 is 1.38 bits per heavy atom. The van der Waals surface area contributed by atoms with E-state index in [2.05, 4.69) is 13.5 Å². The van der Waals surface area contributed by atoms with Gasteiger partial charge in [-0.15, -0.1) is 0 Å². The lowest BCUT2D eigenvalue weighted by atomic mass is 9.46. The van der Waals surface area contributed by atoms with Crippen molar-refractivity contribution in [2.24, 2.45) is 22.7 Å². The molecule has 0 unspecified atom stereocenters. The van der Waals surface area contributed by atoms with Crippen molar-refractivity contribution >= 4 is 11.8 Å². The molecule has 0 bridgehead atoms. The van der Waals surface area contributed by atoms with Crippen LogP contribution < -0.4 is 0 Å². The smallest absolute Gasteiger partial charge is 0.309 e. The van der Waals surface area contributed by atoms with E-state index < -0.39 is 11.4 Å². The number of carbonyl (C=O) groups is 2. The number of carbonyl (C=O) groups excluding carboxylic acids is 1. The molecule has 1 aromatic rings. The molecule has 0 aliphatic heterocycles. The first-order valence-corrected chi connectivity index (χ1v) is 8.75. The van der Waals surface area contributed by atoms with Crippen molar-refractivity contribution in [3.8, 4) is 0 Å². The van der Waals surface area contributed by atoms with Gasteiger partial charge in [0.05, 0.1) is 17.2 Å². The van der Waals surface area contributed by atoms with Crippen molar-refractivity contribution in [1.29, 1.82) is 0 Å². The third-order valence-corrected chi connectivity index (χ3v) is 6.74. The van der Waals surface area contributed by atoms with Gasteiger partial charge in [-0.05, 0) is 55.9 Å². The van der Waals surface area contributed by atoms with Gasteiger partial charge in [-0.1, -0.05) is 25.5 Å². The number of carboxylic acid groups (broad SMARTS) is 1. The summed E-state index contributed by atoms with van der Waals surface area (Å²) >= 11 is 0. The normalized spacial score (nSPS) is 36.2. The Bertz CT molecular complexity index is 659. The van der Waals surface area contributed by atoms with E-state index in [1.54, 1.807) is 6.07 Å². The van der Waals surface area contributed by atoms with E-state index in [9.17, 15) is 14.7 Å². The third-order valence-electron chi connectivity index (χ3n) is 6.74. The molecule has 130 valence electrons. The van der Waals surface area contributed by atoms with Gasteiger partial charge in [0, 0.05) is 6.42 Å². The molecule has 2 fully saturated rings. The fraction of sp³-hybridized carbons (Fsp3) is 0.600. The lowest BCUT2D eigenvalue weighted by Gasteiger charge is -2.57. The van der Waals surface area contributed by atoms with Gasteiger partial charge in [0.25, 0.3) is 0 Å². The lowest BCUT2D eigenvalue weighted by Crippen LogP contribution is -2.53. The van der Waals surface area contributed by atoms with Gasteiger partial charge in [-0.25, -0.2) is 0 Å². The van der Waals surface area contributed by atoms with E-state index in [1.165, 1.54) is 12.5 Å². The molecule has 4 atom stereocenters. The third kappa shape index (κ3) is 2.52. The number of ketones is 1. The van der Waals surface area contributed by atoms with Gasteiger partial charge < -0.3 is 9.52 Å². The number of aliphatic carboxylic acids is 1. The summed E-state index contributed by atoms with van der Waals surface area (Å²) < 4.78 is 5.03. The number of fused-ring (bicyclic) bond motifs is 1. The van der Waals surface area contributed by atoms with Gasteiger partial charge in [0.15, 0.2) is 5.78 Å². The number of allylic oxidation sites excluding steroid dienone is 1. The summed E-state index contributed by atoms with van der Waals surface area (Å²) in [6.45, 7) is 8.30. The van der Waals surface area contributed by atoms with Crippen molar-refractivity contribution in [2.75, 3.05) is 0 Å². The number of hydrogen-bond donors (Lipinski definition) is 1. The van der Waals surface area contributed by atoms with Crippen LogP contribution in [0.3, 0.4) is 0 Å². The SMILES string of the molecule is C=C1CC[C@@H]2[C@](C)(CCC[C@]2(C)C(=O)O)[C@H]1CC(=O)c1ccoc1. The molecule has 0 aromatic carbocycles. The van der Waals surface area contributed by atoms with Crippen LogP contribution in [0.15, 0.2) is 35.2 Å². The largest absolute Gasteiger partial charge is 0.481 e. The minimum absolute atomic E-state index is 0.0395. The van der Waals surface area contributed by atoms with Crippen molar-refractivity contribution in [2.45, 2.75) is 52.4 Å². The molecular formula is C20H26O4. The summed E-state index contributed by atoms with van der Waals surface area (Å²) in [5, 5.41) is 9.83. The number of carboxylic acids is 1. The lowest BCUT2D eigenvalue weighted by molar-refractivity contribution is -0.163. The highest BCUT2D eigenvalue weighted by atomic mass is 16.4. The molecule has 0 radical (unpaired) electrons. The van der Waals surface area contributed by atoms with Crippen LogP contribution in [0.4, 0.5) is 0 Å². The van der Waals surface area contributed by atoms with Gasteiger partial charge in [0.1, 0.15) is 6.26 Å². The van der Waals surface area contributed by atoms with E-state index >= 15 is 0 Å². The van der Waals surface area contributed by atoms with Gasteiger partial charge in [0.2, 0.25) is 0 Å². The molecule has 24 heavy (non-hydrogen) atoms. The first kappa shape index (κ1) is 17.0. The summed E-state index contributed by atoms with van der Waals surface area (Å²) in [5.41, 5.74) is 0.802. The highest BCUT2D eigenvalue weighted by Gasteiger charge is 2.57. The fourth-order valence-electron chi connectivity index (χ4n) is 5.31. The standard InChI is InChI=1S/C20H26O4/c1-13-5-6-17-19(2,8-4-9-20(17,3)18(22)23)15(13)11-16(21)14-7-10-24-12-14/h7,10,12,15,17H,1,4-6,8-9,11H2,2-3H3,(H,22,23)/t15-,17+,19+,20-/m0/s1. The zero-order chi connectivity index (χ0) is 17.5. The topological polar surface area (TPSA) is 67.5 Å². The van der Waals surface area contributed by atoms with Crippen LogP contribution >= 0.6 is 0 Å². The number of Topliss-reactive ketones (excluding diaryl/α,β-unsaturated/α-hetero) is 1. The molecule has 0 amide bonds. The van der Waals surface area contributed by atoms with Crippen molar-refractivity contribution < 1.29 is 19.1 Å². The Hall–Kier alpha value is -1.84. The van der Waals surface area contributed by atoms with Crippen LogP contribution in [0.2, 0.25) is 0 Å². The second-order valence-electron chi connectivity index (χ2n) is 8.02. The van der Waals surface area contributed by atoms with Gasteiger partial charge in [-0.3, -0.25) is 9.59 Å². The molecule has 0 saturated heterocycles. The average molecular weight is 330 g/mol. The Morgan fingerprint density at radius 2 is 2.12 bits per heavy atom. The van der Waals surface area contributed by atoms with E-state index in [0.717, 1.165) is 37.7 Å². The molecule has 2 saturated carbocycles. The summed E-state index contributed by atoms with van der Waals surface area (Å²) in [6.07, 6.45) is 7.62. The maximum atomic E-state index is 12.6. The highest BCUT2D eigenvalue weighted by molar-refractivity contribution is 5.96. The maximum Gasteiger partial charge on any atom is 0.309 e. The Kier molecular flexibility index (Phi) is 4.18. The molecular weight excluding hydrogens is 304 g/mol. The van der Waals surface area contributed by atoms with Crippen LogP contribution in [0, 0.1) is 22.7 Å². The summed E-state index contributed by atoms with van der Waals surface area (Å²) in [6, 6.07) is 1.69. The minimum atomic E-state index is -0.704. The number of furan rings is 1.